The molecule has 2 aromatic carbocycles. The Morgan fingerprint density at radius 1 is 1.16 bits per heavy atom. The van der Waals surface area contributed by atoms with Crippen LogP contribution in [0, 0.1) is 0 Å². The van der Waals surface area contributed by atoms with Crippen LogP contribution in [0.3, 0.4) is 0 Å². The molecule has 1 amide bonds. The van der Waals surface area contributed by atoms with Crippen LogP contribution in [-0.4, -0.2) is 23.4 Å². The summed E-state index contributed by atoms with van der Waals surface area (Å²) in [5, 5.41) is 0.848. The van der Waals surface area contributed by atoms with Crippen molar-refractivity contribution < 1.29 is 14.3 Å². The van der Waals surface area contributed by atoms with Crippen LogP contribution in [0.15, 0.2) is 47.9 Å². The Morgan fingerprint density at radius 3 is 2.55 bits per heavy atom. The van der Waals surface area contributed by atoms with Gasteiger partial charge in [-0.2, -0.15) is 0 Å². The van der Waals surface area contributed by atoms with E-state index >= 15 is 0 Å². The lowest BCUT2D eigenvalue weighted by Crippen LogP contribution is -2.27. The third-order valence-corrected chi connectivity index (χ3v) is 6.19. The van der Waals surface area contributed by atoms with Gasteiger partial charge < -0.3 is 9.47 Å². The Hall–Kier alpha value is -1.99. The van der Waals surface area contributed by atoms with Crippen molar-refractivity contribution in [3.63, 3.8) is 0 Å². The van der Waals surface area contributed by atoms with E-state index in [2.05, 4.69) is 6.58 Å². The van der Waals surface area contributed by atoms with Gasteiger partial charge in [-0.3, -0.25) is 9.69 Å². The molecule has 1 heterocycles. The first kappa shape index (κ1) is 23.7. The van der Waals surface area contributed by atoms with E-state index in [4.69, 9.17) is 44.9 Å². The van der Waals surface area contributed by atoms with Crippen LogP contribution in [0.2, 0.25) is 10.0 Å². The summed E-state index contributed by atoms with van der Waals surface area (Å²) < 4.78 is 12.0. The lowest BCUT2D eigenvalue weighted by Gasteiger charge is -2.16. The van der Waals surface area contributed by atoms with Crippen molar-refractivity contribution in [3.05, 3.63) is 69.1 Å². The normalized spacial score (nSPS) is 15.0. The van der Waals surface area contributed by atoms with E-state index in [1.165, 1.54) is 16.7 Å². The molecule has 0 spiro atoms. The van der Waals surface area contributed by atoms with Gasteiger partial charge in [0.15, 0.2) is 15.8 Å². The Bertz CT molecular complexity index is 1070. The van der Waals surface area contributed by atoms with Gasteiger partial charge in [-0.1, -0.05) is 53.3 Å². The number of hydrogen-bond acceptors (Lipinski definition) is 5. The quantitative estimate of drug-likeness (QED) is 0.226. The average Bonchev–Trinajstić information content (AvgIpc) is 2.98. The number of benzene rings is 2. The molecule has 0 bridgehead atoms. The van der Waals surface area contributed by atoms with Crippen LogP contribution in [0.25, 0.3) is 6.08 Å². The predicted octanol–water partition coefficient (Wildman–Crippen LogP) is 6.93. The maximum absolute atomic E-state index is 13.1. The minimum absolute atomic E-state index is 0.240. The molecular weight excluding hydrogens is 473 g/mol. The molecule has 162 valence electrons. The van der Waals surface area contributed by atoms with Crippen molar-refractivity contribution in [2.75, 3.05) is 18.1 Å². The maximum atomic E-state index is 13.1. The third-order valence-electron chi connectivity index (χ3n) is 4.35. The summed E-state index contributed by atoms with van der Waals surface area (Å²) in [6, 6.07) is 8.78. The number of thioether (sulfide) groups is 1. The summed E-state index contributed by atoms with van der Waals surface area (Å²) in [6.45, 7) is 8.68. The van der Waals surface area contributed by atoms with Crippen LogP contribution in [0.4, 0.5) is 5.69 Å². The molecule has 0 unspecified atom stereocenters. The number of carbonyl (C=O) groups excluding carboxylic acids is 1. The van der Waals surface area contributed by atoms with E-state index in [1.807, 2.05) is 26.0 Å². The van der Waals surface area contributed by atoms with Gasteiger partial charge >= 0.3 is 0 Å². The molecule has 0 atom stereocenters. The molecule has 0 aliphatic carbocycles. The lowest BCUT2D eigenvalue weighted by molar-refractivity contribution is -0.113. The molecule has 4 nitrogen and oxygen atoms in total. The second-order valence-electron chi connectivity index (χ2n) is 6.48. The first-order chi connectivity index (χ1) is 14.9. The Labute approximate surface area is 201 Å². The van der Waals surface area contributed by atoms with Crippen molar-refractivity contribution >= 4 is 69.2 Å². The van der Waals surface area contributed by atoms with E-state index in [1.54, 1.807) is 30.4 Å². The molecule has 1 aliphatic heterocycles. The van der Waals surface area contributed by atoms with Crippen molar-refractivity contribution in [1.29, 1.82) is 0 Å². The van der Waals surface area contributed by atoms with Gasteiger partial charge in [0, 0.05) is 10.6 Å². The van der Waals surface area contributed by atoms with E-state index < -0.39 is 0 Å². The van der Waals surface area contributed by atoms with Gasteiger partial charge in [-0.25, -0.2) is 0 Å². The number of halogens is 2. The van der Waals surface area contributed by atoms with E-state index in [-0.39, 0.29) is 5.91 Å². The number of hydrogen-bond donors (Lipinski definition) is 0. The van der Waals surface area contributed by atoms with Gasteiger partial charge in [0.05, 0.1) is 28.8 Å². The van der Waals surface area contributed by atoms with E-state index in [9.17, 15) is 4.79 Å². The summed E-state index contributed by atoms with van der Waals surface area (Å²) in [6.07, 6.45) is 4.21. The molecule has 0 aromatic heterocycles. The third kappa shape index (κ3) is 5.26. The summed E-state index contributed by atoms with van der Waals surface area (Å²) in [4.78, 5) is 15.1. The van der Waals surface area contributed by atoms with Gasteiger partial charge in [0.2, 0.25) is 0 Å². The first-order valence-corrected chi connectivity index (χ1v) is 11.6. The number of rotatable bonds is 8. The molecule has 3 rings (SSSR count). The minimum Gasteiger partial charge on any atom is -0.490 e. The number of amides is 1. The van der Waals surface area contributed by atoms with Crippen molar-refractivity contribution in [2.45, 2.75) is 20.3 Å². The molecule has 8 heteroatoms. The molecule has 1 fully saturated rings. The number of ether oxygens (including phenoxy) is 2. The molecule has 31 heavy (non-hydrogen) atoms. The van der Waals surface area contributed by atoms with Crippen molar-refractivity contribution in [3.8, 4) is 11.5 Å². The first-order valence-electron chi connectivity index (χ1n) is 9.66. The number of nitrogens with zero attached hydrogens (tertiary/aromatic N) is 1. The zero-order chi connectivity index (χ0) is 22.5. The largest absolute Gasteiger partial charge is 0.490 e. The fourth-order valence-corrected chi connectivity index (χ4v) is 4.91. The summed E-state index contributed by atoms with van der Waals surface area (Å²) in [7, 11) is 0. The van der Waals surface area contributed by atoms with Gasteiger partial charge in [0.25, 0.3) is 5.91 Å². The van der Waals surface area contributed by atoms with Gasteiger partial charge in [-0.05, 0) is 62.2 Å². The predicted molar refractivity (Wildman–Crippen MR) is 135 cm³/mol. The SMILES string of the molecule is C=CCc1cc(/C=C2\SC(=S)N(c3ccc(Cl)cc3Cl)C2=O)cc(OCC)c1OCC. The molecule has 1 aliphatic rings. The van der Waals surface area contributed by atoms with Gasteiger partial charge in [0.1, 0.15) is 0 Å². The van der Waals surface area contributed by atoms with Crippen LogP contribution in [-0.2, 0) is 11.2 Å². The number of allylic oxidation sites excluding steroid dienone is 1. The second-order valence-corrected chi connectivity index (χ2v) is 9.00. The van der Waals surface area contributed by atoms with E-state index in [0.717, 1.165) is 11.1 Å². The van der Waals surface area contributed by atoms with Crippen LogP contribution < -0.4 is 14.4 Å². The van der Waals surface area contributed by atoms with Crippen LogP contribution in [0.5, 0.6) is 11.5 Å². The molecule has 0 saturated carbocycles. The van der Waals surface area contributed by atoms with E-state index in [0.29, 0.717) is 56.1 Å². The molecule has 1 saturated heterocycles. The zero-order valence-electron chi connectivity index (χ0n) is 17.1. The lowest BCUT2D eigenvalue weighted by atomic mass is 10.0. The maximum Gasteiger partial charge on any atom is 0.270 e. The minimum atomic E-state index is -0.240. The second kappa shape index (κ2) is 10.6. The van der Waals surface area contributed by atoms with Crippen LogP contribution in [0.1, 0.15) is 25.0 Å². The molecule has 0 N–H and O–H groups in total. The van der Waals surface area contributed by atoms with Crippen molar-refractivity contribution in [2.24, 2.45) is 0 Å². The van der Waals surface area contributed by atoms with Crippen molar-refractivity contribution in [1.82, 2.24) is 0 Å². The van der Waals surface area contributed by atoms with Gasteiger partial charge in [-0.15, -0.1) is 6.58 Å². The topological polar surface area (TPSA) is 38.8 Å². The summed E-state index contributed by atoms with van der Waals surface area (Å²) >= 11 is 19.0. The highest BCUT2D eigenvalue weighted by Gasteiger charge is 2.34. The number of anilines is 1. The molecular formula is C23H21Cl2NO3S2. The smallest absolute Gasteiger partial charge is 0.270 e. The molecule has 2 aromatic rings. The fraction of sp³-hybridized carbons (Fsp3) is 0.217. The standard InChI is InChI=1S/C23H21Cl2NO3S2/c1-4-7-15-10-14(11-19(28-5-2)21(15)29-6-3)12-20-22(27)26(23(30)31-20)18-9-8-16(24)13-17(18)25/h4,8-13H,1,5-7H2,2-3H3/b20-12-. The Kier molecular flexibility index (Phi) is 8.06. The average molecular weight is 494 g/mol. The monoisotopic (exact) mass is 493 g/mol. The Morgan fingerprint density at radius 2 is 1.90 bits per heavy atom. The highest BCUT2D eigenvalue weighted by molar-refractivity contribution is 8.27. The van der Waals surface area contributed by atoms with Crippen LogP contribution >= 0.6 is 47.2 Å². The Balaban J connectivity index is 2.01. The number of thiocarbonyl (C=S) groups is 1. The highest BCUT2D eigenvalue weighted by atomic mass is 35.5. The number of carbonyl (C=O) groups is 1. The highest BCUT2D eigenvalue weighted by Crippen LogP contribution is 2.41. The summed E-state index contributed by atoms with van der Waals surface area (Å²) in [5.74, 6) is 1.09. The molecule has 0 radical (unpaired) electrons. The zero-order valence-corrected chi connectivity index (χ0v) is 20.3. The summed E-state index contributed by atoms with van der Waals surface area (Å²) in [5.41, 5.74) is 2.25. The fourth-order valence-electron chi connectivity index (χ4n) is 3.13.